The van der Waals surface area contributed by atoms with E-state index in [-0.39, 0.29) is 0 Å². The first-order chi connectivity index (χ1) is 7.75. The number of rotatable bonds is 4. The molecule has 0 aliphatic carbocycles. The Bertz CT molecular complexity index is 465. The Balaban J connectivity index is 1.87. The van der Waals surface area contributed by atoms with Crippen molar-refractivity contribution in [3.05, 3.63) is 46.5 Å². The van der Waals surface area contributed by atoms with Gasteiger partial charge in [-0.2, -0.15) is 0 Å². The Morgan fingerprint density at radius 1 is 1.31 bits per heavy atom. The number of hydrogen-bond acceptors (Lipinski definition) is 2. The van der Waals surface area contributed by atoms with Gasteiger partial charge in [-0.05, 0) is 30.5 Å². The molecule has 2 aromatic rings. The Morgan fingerprint density at radius 2 is 2.19 bits per heavy atom. The Kier molecular flexibility index (Phi) is 3.72. The lowest BCUT2D eigenvalue weighted by Gasteiger charge is -2.02. The number of nitrogens with zero attached hydrogens (tertiary/aromatic N) is 3. The van der Waals surface area contributed by atoms with Crippen LogP contribution in [0.2, 0.25) is 0 Å². The monoisotopic (exact) mass is 279 g/mol. The molecule has 1 aromatic carbocycles. The average molecular weight is 280 g/mol. The van der Waals surface area contributed by atoms with Crippen molar-refractivity contribution in [2.45, 2.75) is 19.3 Å². The summed E-state index contributed by atoms with van der Waals surface area (Å²) in [7, 11) is 1.98. The largest absolute Gasteiger partial charge is 0.321 e. The second-order valence-electron chi connectivity index (χ2n) is 3.84. The first kappa shape index (κ1) is 11.3. The van der Waals surface area contributed by atoms with E-state index in [0.29, 0.717) is 0 Å². The van der Waals surface area contributed by atoms with E-state index in [1.807, 2.05) is 17.7 Å². The second kappa shape index (κ2) is 5.25. The van der Waals surface area contributed by atoms with Crippen LogP contribution >= 0.6 is 15.9 Å². The van der Waals surface area contributed by atoms with Gasteiger partial charge in [-0.25, -0.2) is 0 Å². The molecule has 0 bridgehead atoms. The van der Waals surface area contributed by atoms with Gasteiger partial charge in [0.2, 0.25) is 0 Å². The molecular formula is C12H14BrN3. The van der Waals surface area contributed by atoms with Crippen LogP contribution in [0.1, 0.15) is 17.8 Å². The number of aryl methyl sites for hydroxylation is 3. The highest BCUT2D eigenvalue weighted by molar-refractivity contribution is 9.10. The Morgan fingerprint density at radius 3 is 2.88 bits per heavy atom. The fraction of sp³-hybridized carbons (Fsp3) is 0.333. The molecule has 0 N–H and O–H groups in total. The Labute approximate surface area is 104 Å². The fourth-order valence-corrected chi connectivity index (χ4v) is 2.12. The molecule has 2 rings (SSSR count). The van der Waals surface area contributed by atoms with Crippen LogP contribution in [0.5, 0.6) is 0 Å². The number of hydrogen-bond donors (Lipinski definition) is 0. The number of aromatic nitrogens is 3. The van der Waals surface area contributed by atoms with Crippen LogP contribution in [0.25, 0.3) is 0 Å². The summed E-state index contributed by atoms with van der Waals surface area (Å²) < 4.78 is 3.12. The van der Waals surface area contributed by atoms with E-state index >= 15 is 0 Å². The molecule has 0 atom stereocenters. The van der Waals surface area contributed by atoms with E-state index < -0.39 is 0 Å². The zero-order valence-corrected chi connectivity index (χ0v) is 10.8. The lowest BCUT2D eigenvalue weighted by atomic mass is 10.1. The SMILES string of the molecule is Cn1cnnc1CCCc1cccc(Br)c1. The molecule has 0 saturated carbocycles. The lowest BCUT2D eigenvalue weighted by molar-refractivity contribution is 0.722. The van der Waals surface area contributed by atoms with Gasteiger partial charge < -0.3 is 4.57 Å². The normalized spacial score (nSPS) is 10.6. The molecule has 0 radical (unpaired) electrons. The van der Waals surface area contributed by atoms with Crippen molar-refractivity contribution in [3.8, 4) is 0 Å². The van der Waals surface area contributed by atoms with Gasteiger partial charge in [0.15, 0.2) is 0 Å². The van der Waals surface area contributed by atoms with Gasteiger partial charge >= 0.3 is 0 Å². The van der Waals surface area contributed by atoms with E-state index in [0.717, 1.165) is 29.6 Å². The minimum Gasteiger partial charge on any atom is -0.321 e. The summed E-state index contributed by atoms with van der Waals surface area (Å²) in [6, 6.07) is 8.44. The summed E-state index contributed by atoms with van der Waals surface area (Å²) in [5, 5.41) is 7.94. The second-order valence-corrected chi connectivity index (χ2v) is 4.76. The van der Waals surface area contributed by atoms with Gasteiger partial charge in [-0.1, -0.05) is 28.1 Å². The minimum atomic E-state index is 0.975. The molecule has 0 unspecified atom stereocenters. The van der Waals surface area contributed by atoms with Crippen LogP contribution < -0.4 is 0 Å². The molecule has 0 spiro atoms. The molecule has 0 fully saturated rings. The highest BCUT2D eigenvalue weighted by atomic mass is 79.9. The maximum Gasteiger partial charge on any atom is 0.132 e. The third kappa shape index (κ3) is 2.92. The summed E-state index contributed by atoms with van der Waals surface area (Å²) in [6.07, 6.45) is 4.90. The molecule has 0 aliphatic heterocycles. The zero-order valence-electron chi connectivity index (χ0n) is 9.23. The van der Waals surface area contributed by atoms with E-state index in [2.05, 4.69) is 44.3 Å². The van der Waals surface area contributed by atoms with Crippen LogP contribution in [0.15, 0.2) is 35.1 Å². The molecular weight excluding hydrogens is 266 g/mol. The van der Waals surface area contributed by atoms with E-state index in [4.69, 9.17) is 0 Å². The van der Waals surface area contributed by atoms with Gasteiger partial charge in [0, 0.05) is 17.9 Å². The van der Waals surface area contributed by atoms with Gasteiger partial charge in [-0.15, -0.1) is 10.2 Å². The molecule has 4 heteroatoms. The van der Waals surface area contributed by atoms with Crippen LogP contribution in [-0.2, 0) is 19.9 Å². The van der Waals surface area contributed by atoms with Crippen molar-refractivity contribution in [1.29, 1.82) is 0 Å². The molecule has 0 aliphatic rings. The van der Waals surface area contributed by atoms with Crippen LogP contribution in [0.3, 0.4) is 0 Å². The molecule has 1 heterocycles. The molecule has 0 saturated heterocycles. The average Bonchev–Trinajstić information content (AvgIpc) is 2.65. The lowest BCUT2D eigenvalue weighted by Crippen LogP contribution is -1.98. The molecule has 84 valence electrons. The van der Waals surface area contributed by atoms with Gasteiger partial charge in [0.05, 0.1) is 0 Å². The smallest absolute Gasteiger partial charge is 0.132 e. The van der Waals surface area contributed by atoms with Crippen LogP contribution in [0, 0.1) is 0 Å². The highest BCUT2D eigenvalue weighted by Crippen LogP contribution is 2.13. The maximum atomic E-state index is 4.07. The first-order valence-corrected chi connectivity index (χ1v) is 6.12. The fourth-order valence-electron chi connectivity index (χ4n) is 1.68. The third-order valence-corrected chi connectivity index (χ3v) is 3.05. The predicted octanol–water partition coefficient (Wildman–Crippen LogP) is 2.75. The minimum absolute atomic E-state index is 0.975. The number of halogens is 1. The van der Waals surface area contributed by atoms with Gasteiger partial charge in [-0.3, -0.25) is 0 Å². The van der Waals surface area contributed by atoms with Crippen molar-refractivity contribution < 1.29 is 0 Å². The van der Waals surface area contributed by atoms with E-state index in [1.54, 1.807) is 6.33 Å². The first-order valence-electron chi connectivity index (χ1n) is 5.33. The van der Waals surface area contributed by atoms with Gasteiger partial charge in [0.25, 0.3) is 0 Å². The molecule has 16 heavy (non-hydrogen) atoms. The maximum absolute atomic E-state index is 4.07. The van der Waals surface area contributed by atoms with Crippen LogP contribution in [-0.4, -0.2) is 14.8 Å². The topological polar surface area (TPSA) is 30.7 Å². The predicted molar refractivity (Wildman–Crippen MR) is 67.2 cm³/mol. The summed E-state index contributed by atoms with van der Waals surface area (Å²) in [6.45, 7) is 0. The third-order valence-electron chi connectivity index (χ3n) is 2.56. The molecule has 3 nitrogen and oxygen atoms in total. The Hall–Kier alpha value is -1.16. The molecule has 1 aromatic heterocycles. The standard InChI is InChI=1S/C12H14BrN3/c1-16-9-14-15-12(16)7-3-5-10-4-2-6-11(13)8-10/h2,4,6,8-9H,3,5,7H2,1H3. The van der Waals surface area contributed by atoms with Gasteiger partial charge in [0.1, 0.15) is 12.2 Å². The van der Waals surface area contributed by atoms with Crippen molar-refractivity contribution in [3.63, 3.8) is 0 Å². The van der Waals surface area contributed by atoms with Crippen molar-refractivity contribution in [2.75, 3.05) is 0 Å². The van der Waals surface area contributed by atoms with Crippen molar-refractivity contribution in [2.24, 2.45) is 7.05 Å². The summed E-state index contributed by atoms with van der Waals surface area (Å²) in [5.74, 6) is 1.05. The van der Waals surface area contributed by atoms with Crippen LogP contribution in [0.4, 0.5) is 0 Å². The molecule has 0 amide bonds. The number of benzene rings is 1. The summed E-state index contributed by atoms with van der Waals surface area (Å²) in [4.78, 5) is 0. The quantitative estimate of drug-likeness (QED) is 0.862. The highest BCUT2D eigenvalue weighted by Gasteiger charge is 2.00. The van der Waals surface area contributed by atoms with E-state index in [1.165, 1.54) is 5.56 Å². The summed E-state index contributed by atoms with van der Waals surface area (Å²) >= 11 is 3.48. The zero-order chi connectivity index (χ0) is 11.4. The van der Waals surface area contributed by atoms with Crippen molar-refractivity contribution >= 4 is 15.9 Å². The summed E-state index contributed by atoms with van der Waals surface area (Å²) in [5.41, 5.74) is 1.36. The van der Waals surface area contributed by atoms with E-state index in [9.17, 15) is 0 Å². The van der Waals surface area contributed by atoms with Crippen molar-refractivity contribution in [1.82, 2.24) is 14.8 Å².